The van der Waals surface area contributed by atoms with Gasteiger partial charge in [-0.2, -0.15) is 0 Å². The van der Waals surface area contributed by atoms with Gasteiger partial charge in [-0.1, -0.05) is 72.3 Å². The van der Waals surface area contributed by atoms with Crippen LogP contribution < -0.4 is 0 Å². The predicted molar refractivity (Wildman–Crippen MR) is 115 cm³/mol. The summed E-state index contributed by atoms with van der Waals surface area (Å²) in [5.74, 6) is 0.261. The molecule has 2 saturated heterocycles. The Morgan fingerprint density at radius 2 is 1.62 bits per heavy atom. The van der Waals surface area contributed by atoms with Crippen molar-refractivity contribution < 1.29 is 9.90 Å². The van der Waals surface area contributed by atoms with E-state index in [-0.39, 0.29) is 24.6 Å². The molecule has 0 bridgehead atoms. The number of hydrogen-bond donors (Lipinski definition) is 1. The van der Waals surface area contributed by atoms with Crippen molar-refractivity contribution in [3.63, 3.8) is 0 Å². The number of carbonyl (C=O) groups excluding carboxylic acids is 1. The minimum atomic E-state index is -0.101. The van der Waals surface area contributed by atoms with Gasteiger partial charge in [0.2, 0.25) is 5.91 Å². The summed E-state index contributed by atoms with van der Waals surface area (Å²) in [6, 6.07) is 20.9. The molecule has 2 atom stereocenters. The highest BCUT2D eigenvalue weighted by atomic mass is 16.2. The van der Waals surface area contributed by atoms with Gasteiger partial charge in [-0.05, 0) is 36.8 Å². The van der Waals surface area contributed by atoms with Gasteiger partial charge in [0.1, 0.15) is 0 Å². The number of piperidine rings is 1. The quantitative estimate of drug-likeness (QED) is 0.732. The number of benzene rings is 2. The van der Waals surface area contributed by atoms with E-state index in [4.69, 9.17) is 0 Å². The van der Waals surface area contributed by atoms with Gasteiger partial charge in [0.05, 0.1) is 12.1 Å². The summed E-state index contributed by atoms with van der Waals surface area (Å²) < 4.78 is 0. The molecule has 0 spiro atoms. The maximum Gasteiger partial charge on any atom is 0.240 e. The molecule has 4 heteroatoms. The highest BCUT2D eigenvalue weighted by Gasteiger charge is 2.44. The predicted octanol–water partition coefficient (Wildman–Crippen LogP) is 3.76. The first-order chi connectivity index (χ1) is 14.3. The Hall–Kier alpha value is -2.43. The fourth-order valence-electron chi connectivity index (χ4n) is 4.73. The molecule has 0 aromatic heterocycles. The van der Waals surface area contributed by atoms with E-state index in [1.54, 1.807) is 0 Å². The van der Waals surface area contributed by atoms with Crippen molar-refractivity contribution in [2.24, 2.45) is 0 Å². The average molecular weight is 391 g/mol. The lowest BCUT2D eigenvalue weighted by Gasteiger charge is -2.32. The van der Waals surface area contributed by atoms with Gasteiger partial charge in [0.15, 0.2) is 0 Å². The molecule has 0 saturated carbocycles. The number of aliphatic hydroxyl groups excluding tert-OH is 1. The highest BCUT2D eigenvalue weighted by molar-refractivity contribution is 5.85. The summed E-state index contributed by atoms with van der Waals surface area (Å²) in [7, 11) is 0. The van der Waals surface area contributed by atoms with E-state index in [1.807, 2.05) is 12.1 Å². The second kappa shape index (κ2) is 9.38. The van der Waals surface area contributed by atoms with E-state index in [1.165, 1.54) is 16.7 Å². The van der Waals surface area contributed by atoms with Gasteiger partial charge in [-0.25, -0.2) is 0 Å². The Balaban J connectivity index is 1.58. The van der Waals surface area contributed by atoms with E-state index < -0.39 is 0 Å². The average Bonchev–Trinajstić information content (AvgIpc) is 3.10. The smallest absolute Gasteiger partial charge is 0.240 e. The first-order valence-electron chi connectivity index (χ1n) is 10.7. The molecule has 1 amide bonds. The standard InChI is InChI=1S/C25H30N2O2/c28-16-8-14-22-13-7-15-27-23(22)17-24(25(27)29)26(18-20-9-3-1-4-10-20)19-21-11-5-2-6-12-21/h1-6,9-12,14,23-24,28H,7-8,13,15-19H2/b22-14+/t23-,24+/m1/s1. The van der Waals surface area contributed by atoms with E-state index in [2.05, 4.69) is 64.4 Å². The van der Waals surface area contributed by atoms with Crippen molar-refractivity contribution in [3.05, 3.63) is 83.4 Å². The number of hydrogen-bond acceptors (Lipinski definition) is 3. The molecule has 2 aliphatic heterocycles. The maximum atomic E-state index is 13.4. The van der Waals surface area contributed by atoms with Crippen molar-refractivity contribution in [1.82, 2.24) is 9.80 Å². The molecular weight excluding hydrogens is 360 g/mol. The molecule has 1 N–H and O–H groups in total. The second-order valence-electron chi connectivity index (χ2n) is 8.07. The van der Waals surface area contributed by atoms with Gasteiger partial charge < -0.3 is 10.0 Å². The normalized spacial score (nSPS) is 23.0. The van der Waals surface area contributed by atoms with Crippen molar-refractivity contribution in [2.75, 3.05) is 13.2 Å². The fourth-order valence-corrected chi connectivity index (χ4v) is 4.73. The molecule has 0 radical (unpaired) electrons. The van der Waals surface area contributed by atoms with Gasteiger partial charge in [0.25, 0.3) is 0 Å². The highest BCUT2D eigenvalue weighted by Crippen LogP contribution is 2.35. The molecule has 0 unspecified atom stereocenters. The third kappa shape index (κ3) is 4.60. The lowest BCUT2D eigenvalue weighted by Crippen LogP contribution is -2.43. The lowest BCUT2D eigenvalue weighted by molar-refractivity contribution is -0.133. The summed E-state index contributed by atoms with van der Waals surface area (Å²) in [6.07, 6.45) is 5.74. The summed E-state index contributed by atoms with van der Waals surface area (Å²) in [5, 5.41) is 9.22. The molecule has 0 aliphatic carbocycles. The van der Waals surface area contributed by atoms with Gasteiger partial charge in [0, 0.05) is 26.2 Å². The summed E-state index contributed by atoms with van der Waals surface area (Å²) in [4.78, 5) is 17.8. The molecule has 2 fully saturated rings. The van der Waals surface area contributed by atoms with Crippen LogP contribution in [0.15, 0.2) is 72.3 Å². The second-order valence-corrected chi connectivity index (χ2v) is 8.07. The van der Waals surface area contributed by atoms with Gasteiger partial charge in [-0.15, -0.1) is 0 Å². The van der Waals surface area contributed by atoms with Crippen molar-refractivity contribution in [3.8, 4) is 0 Å². The van der Waals surface area contributed by atoms with E-state index in [0.29, 0.717) is 6.42 Å². The van der Waals surface area contributed by atoms with Crippen molar-refractivity contribution in [2.45, 2.75) is 50.9 Å². The van der Waals surface area contributed by atoms with E-state index >= 15 is 0 Å². The number of carbonyl (C=O) groups is 1. The van der Waals surface area contributed by atoms with Crippen LogP contribution in [0.1, 0.15) is 36.8 Å². The van der Waals surface area contributed by atoms with Crippen LogP contribution in [0.3, 0.4) is 0 Å². The molecule has 29 heavy (non-hydrogen) atoms. The SMILES string of the molecule is O=C1[C@@H](N(Cc2ccccc2)Cc2ccccc2)C[C@@H]2/C(=C/CCO)CCCN12. The third-order valence-electron chi connectivity index (χ3n) is 6.12. The Morgan fingerprint density at radius 3 is 2.21 bits per heavy atom. The van der Waals surface area contributed by atoms with Gasteiger partial charge in [-0.3, -0.25) is 9.69 Å². The molecule has 4 nitrogen and oxygen atoms in total. The van der Waals surface area contributed by atoms with Crippen LogP contribution in [0, 0.1) is 0 Å². The molecule has 152 valence electrons. The maximum absolute atomic E-state index is 13.4. The molecule has 2 aromatic rings. The molecule has 2 heterocycles. The zero-order chi connectivity index (χ0) is 20.1. The number of amides is 1. The van der Waals surface area contributed by atoms with Gasteiger partial charge >= 0.3 is 0 Å². The molecular formula is C25H30N2O2. The molecule has 2 aromatic carbocycles. The zero-order valence-corrected chi connectivity index (χ0v) is 16.9. The number of nitrogens with zero attached hydrogens (tertiary/aromatic N) is 2. The Kier molecular flexibility index (Phi) is 6.43. The minimum absolute atomic E-state index is 0.101. The first kappa shape index (κ1) is 19.9. The van der Waals surface area contributed by atoms with Crippen LogP contribution in [0.2, 0.25) is 0 Å². The lowest BCUT2D eigenvalue weighted by atomic mass is 9.94. The number of rotatable bonds is 7. The Labute approximate surface area is 173 Å². The van der Waals surface area contributed by atoms with Crippen LogP contribution in [0.5, 0.6) is 0 Å². The zero-order valence-electron chi connectivity index (χ0n) is 16.9. The van der Waals surface area contributed by atoms with E-state index in [0.717, 1.165) is 38.9 Å². The minimum Gasteiger partial charge on any atom is -0.396 e. The van der Waals surface area contributed by atoms with Crippen LogP contribution in [-0.4, -0.2) is 46.0 Å². The van der Waals surface area contributed by atoms with E-state index in [9.17, 15) is 9.90 Å². The van der Waals surface area contributed by atoms with Crippen molar-refractivity contribution in [1.29, 1.82) is 0 Å². The Bertz CT molecular complexity index is 793. The van der Waals surface area contributed by atoms with Crippen LogP contribution in [0.4, 0.5) is 0 Å². The summed E-state index contributed by atoms with van der Waals surface area (Å²) >= 11 is 0. The topological polar surface area (TPSA) is 43.8 Å². The largest absolute Gasteiger partial charge is 0.396 e. The number of aliphatic hydroxyl groups is 1. The summed E-state index contributed by atoms with van der Waals surface area (Å²) in [5.41, 5.74) is 3.80. The summed E-state index contributed by atoms with van der Waals surface area (Å²) in [6.45, 7) is 2.55. The first-order valence-corrected chi connectivity index (χ1v) is 10.7. The molecule has 2 aliphatic rings. The van der Waals surface area contributed by atoms with Crippen molar-refractivity contribution >= 4 is 5.91 Å². The van der Waals surface area contributed by atoms with Crippen LogP contribution in [-0.2, 0) is 17.9 Å². The van der Waals surface area contributed by atoms with Crippen LogP contribution >= 0.6 is 0 Å². The molecule has 4 rings (SSSR count). The third-order valence-corrected chi connectivity index (χ3v) is 6.12. The number of fused-ring (bicyclic) bond motifs is 1. The Morgan fingerprint density at radius 1 is 1.00 bits per heavy atom. The van der Waals surface area contributed by atoms with Crippen LogP contribution in [0.25, 0.3) is 0 Å². The fraction of sp³-hybridized carbons (Fsp3) is 0.400. The monoisotopic (exact) mass is 390 g/mol.